The number of rotatable bonds is 10. The van der Waals surface area contributed by atoms with Crippen molar-refractivity contribution in [3.8, 4) is 11.5 Å². The topological polar surface area (TPSA) is 63.3 Å². The lowest BCUT2D eigenvalue weighted by Gasteiger charge is -2.36. The minimum atomic E-state index is -1.81. The molecule has 1 heterocycles. The number of ether oxygens (including phenoxy) is 2. The molecule has 0 aliphatic carbocycles. The first kappa shape index (κ1) is 30.0. The van der Waals surface area contributed by atoms with Gasteiger partial charge in [-0.1, -0.05) is 32.9 Å². The van der Waals surface area contributed by atoms with Crippen molar-refractivity contribution in [2.45, 2.75) is 58.8 Å². The number of carbonyl (C=O) groups is 1. The van der Waals surface area contributed by atoms with Gasteiger partial charge in [0, 0.05) is 37.4 Å². The van der Waals surface area contributed by atoms with Gasteiger partial charge < -0.3 is 29.0 Å². The molecule has 1 aliphatic rings. The highest BCUT2D eigenvalue weighted by molar-refractivity contribution is 6.74. The average Bonchev–Trinajstić information content (AvgIpc) is 2.86. The number of hydrogen-bond donors (Lipinski definition) is 1. The van der Waals surface area contributed by atoms with Gasteiger partial charge in [0.2, 0.25) is 0 Å². The molecule has 8 heteroatoms. The molecule has 2 aromatic rings. The van der Waals surface area contributed by atoms with Gasteiger partial charge in [0.15, 0.2) is 19.8 Å². The molecule has 0 saturated carbocycles. The predicted molar refractivity (Wildman–Crippen MR) is 158 cm³/mol. The first-order valence-corrected chi connectivity index (χ1v) is 16.5. The van der Waals surface area contributed by atoms with Gasteiger partial charge in [-0.25, -0.2) is 0 Å². The number of amides is 1. The van der Waals surface area contributed by atoms with Gasteiger partial charge in [0.05, 0.1) is 19.8 Å². The first-order valence-electron chi connectivity index (χ1n) is 13.6. The van der Waals surface area contributed by atoms with E-state index in [1.54, 1.807) is 7.11 Å². The Morgan fingerprint density at radius 1 is 1.03 bits per heavy atom. The van der Waals surface area contributed by atoms with Crippen LogP contribution in [0.5, 0.6) is 11.5 Å². The fraction of sp³-hybridized carbons (Fsp3) is 0.567. The van der Waals surface area contributed by atoms with Crippen molar-refractivity contribution in [2.75, 3.05) is 58.5 Å². The van der Waals surface area contributed by atoms with Crippen LogP contribution in [0.3, 0.4) is 0 Å². The first-order chi connectivity index (χ1) is 17.8. The number of likely N-dealkylation sites (N-methyl/N-ethyl adjacent to an activating group) is 1. The SMILES string of the molecule is COc1cc([C@@H](C)NC(=O)c2cc(N3CCN(C)CC3)ccc2C)ccc1OCCO[Si](C)(C)C(C)(C)C. The van der Waals surface area contributed by atoms with Crippen molar-refractivity contribution in [3.05, 3.63) is 53.1 Å². The summed E-state index contributed by atoms with van der Waals surface area (Å²) in [6.45, 7) is 20.1. The molecule has 7 nitrogen and oxygen atoms in total. The van der Waals surface area contributed by atoms with E-state index >= 15 is 0 Å². The fourth-order valence-corrected chi connectivity index (χ4v) is 5.24. The van der Waals surface area contributed by atoms with E-state index in [0.29, 0.717) is 30.3 Å². The van der Waals surface area contributed by atoms with Crippen LogP contribution in [0.2, 0.25) is 18.1 Å². The highest BCUT2D eigenvalue weighted by Gasteiger charge is 2.37. The second-order valence-corrected chi connectivity index (χ2v) is 16.7. The van der Waals surface area contributed by atoms with Crippen LogP contribution in [0.15, 0.2) is 36.4 Å². The molecule has 0 aromatic heterocycles. The van der Waals surface area contributed by atoms with E-state index in [1.807, 2.05) is 44.2 Å². The van der Waals surface area contributed by atoms with Gasteiger partial charge in [0.1, 0.15) is 6.61 Å². The maximum Gasteiger partial charge on any atom is 0.252 e. The summed E-state index contributed by atoms with van der Waals surface area (Å²) in [4.78, 5) is 18.0. The number of methoxy groups -OCH3 is 1. The van der Waals surface area contributed by atoms with Crippen LogP contribution >= 0.6 is 0 Å². The normalized spacial score (nSPS) is 15.8. The summed E-state index contributed by atoms with van der Waals surface area (Å²) in [5, 5.41) is 3.33. The smallest absolute Gasteiger partial charge is 0.252 e. The maximum absolute atomic E-state index is 13.3. The Kier molecular flexibility index (Phi) is 9.89. The second kappa shape index (κ2) is 12.5. The average molecular weight is 542 g/mol. The number of hydrogen-bond acceptors (Lipinski definition) is 6. The fourth-order valence-electron chi connectivity index (χ4n) is 4.21. The van der Waals surface area contributed by atoms with Crippen molar-refractivity contribution in [1.29, 1.82) is 0 Å². The quantitative estimate of drug-likeness (QED) is 0.310. The maximum atomic E-state index is 13.3. The summed E-state index contributed by atoms with van der Waals surface area (Å²) < 4.78 is 17.8. The Morgan fingerprint density at radius 2 is 1.71 bits per heavy atom. The van der Waals surface area contributed by atoms with Crippen LogP contribution in [0.4, 0.5) is 5.69 Å². The van der Waals surface area contributed by atoms with Crippen LogP contribution in [-0.2, 0) is 4.43 Å². The molecular formula is C30H47N3O4Si. The van der Waals surface area contributed by atoms with Crippen molar-refractivity contribution in [2.24, 2.45) is 0 Å². The third kappa shape index (κ3) is 7.52. The van der Waals surface area contributed by atoms with Crippen molar-refractivity contribution in [1.82, 2.24) is 10.2 Å². The zero-order valence-electron chi connectivity index (χ0n) is 24.8. The number of nitrogens with zero attached hydrogens (tertiary/aromatic N) is 2. The number of nitrogens with one attached hydrogen (secondary N) is 1. The molecule has 0 radical (unpaired) electrons. The summed E-state index contributed by atoms with van der Waals surface area (Å²) in [5.74, 6) is 1.24. The Balaban J connectivity index is 1.62. The third-order valence-corrected chi connectivity index (χ3v) is 12.5. The van der Waals surface area contributed by atoms with Gasteiger partial charge in [-0.15, -0.1) is 0 Å². The summed E-state index contributed by atoms with van der Waals surface area (Å²) in [6.07, 6.45) is 0. The van der Waals surface area contributed by atoms with Gasteiger partial charge in [-0.2, -0.15) is 0 Å². The van der Waals surface area contributed by atoms with Crippen LogP contribution in [0.1, 0.15) is 55.2 Å². The number of benzene rings is 2. The standard InChI is InChI=1S/C30H47N3O4Si/c1-22-10-12-25(33-16-14-32(6)15-17-33)21-26(22)29(34)31-23(2)24-11-13-27(28(20-24)35-7)36-18-19-37-38(8,9)30(3,4)5/h10-13,20-21,23H,14-19H2,1-9H3,(H,31,34)/t23-/m1/s1. The minimum Gasteiger partial charge on any atom is -0.493 e. The van der Waals surface area contributed by atoms with E-state index in [4.69, 9.17) is 13.9 Å². The third-order valence-electron chi connectivity index (χ3n) is 7.98. The molecule has 1 atom stereocenters. The Morgan fingerprint density at radius 3 is 2.34 bits per heavy atom. The van der Waals surface area contributed by atoms with E-state index in [0.717, 1.165) is 43.0 Å². The summed E-state index contributed by atoms with van der Waals surface area (Å²) in [5.41, 5.74) is 3.73. The Labute approximate surface area is 230 Å². The van der Waals surface area contributed by atoms with Crippen LogP contribution in [0.25, 0.3) is 0 Å². The molecule has 0 spiro atoms. The van der Waals surface area contributed by atoms with Gasteiger partial charge in [0.25, 0.3) is 5.91 Å². The Hall–Kier alpha value is -2.55. The van der Waals surface area contributed by atoms with Crippen LogP contribution < -0.4 is 19.7 Å². The highest BCUT2D eigenvalue weighted by Crippen LogP contribution is 2.36. The van der Waals surface area contributed by atoms with Crippen LogP contribution in [-0.4, -0.2) is 72.7 Å². The highest BCUT2D eigenvalue weighted by atomic mass is 28.4. The zero-order valence-corrected chi connectivity index (χ0v) is 25.8. The lowest BCUT2D eigenvalue weighted by atomic mass is 10.0. The molecule has 1 N–H and O–H groups in total. The summed E-state index contributed by atoms with van der Waals surface area (Å²) >= 11 is 0. The van der Waals surface area contributed by atoms with Crippen molar-refractivity contribution >= 4 is 19.9 Å². The monoisotopic (exact) mass is 541 g/mol. The molecule has 210 valence electrons. The molecule has 2 aromatic carbocycles. The van der Waals surface area contributed by atoms with Gasteiger partial charge in [-0.05, 0) is 74.4 Å². The van der Waals surface area contributed by atoms with Gasteiger partial charge in [-0.3, -0.25) is 4.79 Å². The van der Waals surface area contributed by atoms with E-state index in [9.17, 15) is 4.79 Å². The number of piperazine rings is 1. The molecule has 1 saturated heterocycles. The van der Waals surface area contributed by atoms with E-state index < -0.39 is 8.32 Å². The second-order valence-electron chi connectivity index (χ2n) is 11.9. The molecule has 0 bridgehead atoms. The lowest BCUT2D eigenvalue weighted by molar-refractivity contribution is 0.0939. The minimum absolute atomic E-state index is 0.0759. The predicted octanol–water partition coefficient (Wildman–Crippen LogP) is 5.65. The van der Waals surface area contributed by atoms with Gasteiger partial charge >= 0.3 is 0 Å². The molecule has 38 heavy (non-hydrogen) atoms. The molecule has 3 rings (SSSR count). The van der Waals surface area contributed by atoms with E-state index in [1.165, 1.54) is 0 Å². The van der Waals surface area contributed by atoms with Crippen molar-refractivity contribution in [3.63, 3.8) is 0 Å². The number of aryl methyl sites for hydroxylation is 1. The van der Waals surface area contributed by atoms with Crippen LogP contribution in [0, 0.1) is 6.92 Å². The largest absolute Gasteiger partial charge is 0.493 e. The molecule has 1 amide bonds. The Bertz CT molecular complexity index is 1090. The summed E-state index contributed by atoms with van der Waals surface area (Å²) in [6, 6.07) is 11.8. The number of carbonyl (C=O) groups excluding carboxylic acids is 1. The van der Waals surface area contributed by atoms with E-state index in [-0.39, 0.29) is 17.0 Å². The zero-order chi connectivity index (χ0) is 28.1. The lowest BCUT2D eigenvalue weighted by Crippen LogP contribution is -2.44. The van der Waals surface area contributed by atoms with E-state index in [2.05, 4.69) is 62.1 Å². The molecule has 1 aliphatic heterocycles. The number of anilines is 1. The molecule has 1 fully saturated rings. The molecule has 0 unspecified atom stereocenters. The summed E-state index contributed by atoms with van der Waals surface area (Å²) in [7, 11) is 1.97. The van der Waals surface area contributed by atoms with Crippen molar-refractivity contribution < 1.29 is 18.7 Å². The molecular weight excluding hydrogens is 494 g/mol.